The van der Waals surface area contributed by atoms with Crippen LogP contribution in [0.2, 0.25) is 0 Å². The number of phenols is 1. The summed E-state index contributed by atoms with van der Waals surface area (Å²) >= 11 is 0. The molecule has 2 aliphatic rings. The molecule has 2 atom stereocenters. The molecule has 2 N–H and O–H groups in total. The van der Waals surface area contributed by atoms with E-state index in [4.69, 9.17) is 14.5 Å². The maximum absolute atomic E-state index is 13.4. The number of piperazine rings is 1. The molecular weight excluding hydrogens is 520 g/mol. The second-order valence-corrected chi connectivity index (χ2v) is 10.0. The van der Waals surface area contributed by atoms with E-state index in [1.54, 1.807) is 19.1 Å². The van der Waals surface area contributed by atoms with Gasteiger partial charge in [0.25, 0.3) is 0 Å². The lowest BCUT2D eigenvalue weighted by atomic mass is 9.91. The van der Waals surface area contributed by atoms with Crippen molar-refractivity contribution in [2.75, 3.05) is 39.4 Å². The van der Waals surface area contributed by atoms with E-state index in [-0.39, 0.29) is 24.1 Å². The van der Waals surface area contributed by atoms with Gasteiger partial charge in [-0.15, -0.1) is 0 Å². The minimum absolute atomic E-state index is 0.0183. The molecule has 0 aliphatic carbocycles. The van der Waals surface area contributed by atoms with Gasteiger partial charge in [-0.1, -0.05) is 66.7 Å². The van der Waals surface area contributed by atoms with Crippen molar-refractivity contribution in [3.63, 3.8) is 0 Å². The largest absolute Gasteiger partial charge is 0.504 e. The number of esters is 1. The summed E-state index contributed by atoms with van der Waals surface area (Å²) < 4.78 is 10.8. The fourth-order valence-electron chi connectivity index (χ4n) is 5.53. The minimum Gasteiger partial charge on any atom is -0.504 e. The van der Waals surface area contributed by atoms with Crippen LogP contribution in [0.4, 0.5) is 0 Å². The van der Waals surface area contributed by atoms with E-state index in [2.05, 4.69) is 63.6 Å². The molecule has 0 spiro atoms. The highest BCUT2D eigenvalue weighted by Crippen LogP contribution is 2.36. The first-order valence-corrected chi connectivity index (χ1v) is 14.1. The van der Waals surface area contributed by atoms with E-state index in [0.29, 0.717) is 31.2 Å². The molecule has 5 rings (SSSR count). The lowest BCUT2D eigenvalue weighted by Crippen LogP contribution is -2.57. The van der Waals surface area contributed by atoms with Gasteiger partial charge in [-0.25, -0.2) is 4.99 Å². The second-order valence-electron chi connectivity index (χ2n) is 10.0. The Kier molecular flexibility index (Phi) is 8.84. The summed E-state index contributed by atoms with van der Waals surface area (Å²) in [6.07, 6.45) is 0. The zero-order valence-electron chi connectivity index (χ0n) is 23.4. The van der Waals surface area contributed by atoms with E-state index in [1.807, 2.05) is 19.1 Å². The van der Waals surface area contributed by atoms with Crippen LogP contribution in [0.3, 0.4) is 0 Å². The first-order valence-electron chi connectivity index (χ1n) is 14.1. The lowest BCUT2D eigenvalue weighted by molar-refractivity contribution is -0.153. The number of nitrogens with zero attached hydrogens (tertiary/aromatic N) is 3. The fraction of sp³-hybridized carbons (Fsp3) is 0.344. The van der Waals surface area contributed by atoms with Crippen LogP contribution < -0.4 is 10.1 Å². The van der Waals surface area contributed by atoms with Gasteiger partial charge in [0, 0.05) is 26.2 Å². The Morgan fingerprint density at radius 3 is 2.17 bits per heavy atom. The molecular formula is C32H36N4O5. The van der Waals surface area contributed by atoms with Crippen LogP contribution in [0.25, 0.3) is 0 Å². The first kappa shape index (κ1) is 28.2. The van der Waals surface area contributed by atoms with Crippen LogP contribution >= 0.6 is 0 Å². The van der Waals surface area contributed by atoms with Gasteiger partial charge < -0.3 is 19.5 Å². The summed E-state index contributed by atoms with van der Waals surface area (Å²) in [4.78, 5) is 35.6. The van der Waals surface area contributed by atoms with Crippen molar-refractivity contribution in [3.8, 4) is 11.5 Å². The smallest absolute Gasteiger partial charge is 0.321 e. The molecule has 3 aromatic carbocycles. The molecule has 214 valence electrons. The molecule has 1 amide bonds. The summed E-state index contributed by atoms with van der Waals surface area (Å²) in [6, 6.07) is 25.0. The third-order valence-electron chi connectivity index (χ3n) is 7.47. The summed E-state index contributed by atoms with van der Waals surface area (Å²) in [6.45, 7) is 6.82. The minimum atomic E-state index is -1.15. The van der Waals surface area contributed by atoms with Crippen molar-refractivity contribution in [3.05, 3.63) is 95.6 Å². The number of aliphatic imine (C=N–C) groups is 1. The quantitative estimate of drug-likeness (QED) is 0.320. The van der Waals surface area contributed by atoms with Gasteiger partial charge in [0.15, 0.2) is 17.4 Å². The van der Waals surface area contributed by atoms with Crippen LogP contribution in [-0.4, -0.2) is 72.1 Å². The Labute approximate surface area is 240 Å². The molecule has 0 bridgehead atoms. The van der Waals surface area contributed by atoms with Crippen LogP contribution in [0.5, 0.6) is 11.5 Å². The standard InChI is InChI=1S/C32H36N4O5/c1-3-40-26-21-24(15-16-25(26)37)28-27(31(39)41-4-2)30(38)34-32(33-28)36-19-17-35(18-20-36)29(22-11-7-5-8-12-22)23-13-9-6-10-14-23/h5-16,21,27-29,37H,3-4,17-20H2,1-2H3,(H,33,34,38)/t27-,28+/m0/s1. The van der Waals surface area contributed by atoms with Gasteiger partial charge in [0.05, 0.1) is 19.3 Å². The molecule has 2 heterocycles. The molecule has 0 saturated carbocycles. The normalized spacial score (nSPS) is 19.4. The van der Waals surface area contributed by atoms with Crippen LogP contribution in [-0.2, 0) is 14.3 Å². The number of carbonyl (C=O) groups is 2. The predicted molar refractivity (Wildman–Crippen MR) is 156 cm³/mol. The van der Waals surface area contributed by atoms with Gasteiger partial charge in [-0.3, -0.25) is 19.8 Å². The zero-order chi connectivity index (χ0) is 28.8. The van der Waals surface area contributed by atoms with Crippen molar-refractivity contribution in [2.24, 2.45) is 10.9 Å². The molecule has 41 heavy (non-hydrogen) atoms. The second kappa shape index (κ2) is 12.9. The van der Waals surface area contributed by atoms with Crippen LogP contribution in [0.15, 0.2) is 83.9 Å². The van der Waals surface area contributed by atoms with Gasteiger partial charge in [0.1, 0.15) is 6.04 Å². The summed E-state index contributed by atoms with van der Waals surface area (Å²) in [5, 5.41) is 13.1. The Morgan fingerprint density at radius 2 is 1.59 bits per heavy atom. The summed E-state index contributed by atoms with van der Waals surface area (Å²) in [5.74, 6) is -1.56. The van der Waals surface area contributed by atoms with Crippen molar-refractivity contribution in [1.82, 2.24) is 15.1 Å². The third-order valence-corrected chi connectivity index (χ3v) is 7.47. The maximum Gasteiger partial charge on any atom is 0.321 e. The molecule has 3 aromatic rings. The highest BCUT2D eigenvalue weighted by atomic mass is 16.5. The number of carbonyl (C=O) groups excluding carboxylic acids is 2. The average molecular weight is 557 g/mol. The number of phenolic OH excluding ortho intramolecular Hbond substituents is 1. The molecule has 0 unspecified atom stereocenters. The Morgan fingerprint density at radius 1 is 0.951 bits per heavy atom. The van der Waals surface area contributed by atoms with E-state index < -0.39 is 23.8 Å². The number of amides is 1. The SMILES string of the molecule is CCOC(=O)[C@@H]1C(=O)NC(N2CCN(C(c3ccccc3)c3ccccc3)CC2)=N[C@@H]1c1ccc(O)c(OCC)c1. The Hall–Kier alpha value is -4.37. The predicted octanol–water partition coefficient (Wildman–Crippen LogP) is 3.90. The van der Waals surface area contributed by atoms with Crippen LogP contribution in [0.1, 0.15) is 42.6 Å². The number of hydrogen-bond donors (Lipinski definition) is 2. The number of nitrogens with one attached hydrogen (secondary N) is 1. The third kappa shape index (κ3) is 6.20. The molecule has 2 aliphatic heterocycles. The van der Waals surface area contributed by atoms with Gasteiger partial charge in [-0.05, 0) is 42.7 Å². The zero-order valence-corrected chi connectivity index (χ0v) is 23.4. The Balaban J connectivity index is 1.40. The molecule has 0 aromatic heterocycles. The number of ether oxygens (including phenoxy) is 2. The van der Waals surface area contributed by atoms with Crippen LogP contribution in [0, 0.1) is 5.92 Å². The number of benzene rings is 3. The average Bonchev–Trinajstić information content (AvgIpc) is 3.00. The summed E-state index contributed by atoms with van der Waals surface area (Å²) in [7, 11) is 0. The van der Waals surface area contributed by atoms with E-state index in [0.717, 1.165) is 13.1 Å². The summed E-state index contributed by atoms with van der Waals surface area (Å²) in [5.41, 5.74) is 3.04. The Bertz CT molecular complexity index is 1330. The van der Waals surface area contributed by atoms with E-state index in [9.17, 15) is 14.7 Å². The van der Waals surface area contributed by atoms with Gasteiger partial charge in [-0.2, -0.15) is 0 Å². The monoisotopic (exact) mass is 556 g/mol. The lowest BCUT2D eigenvalue weighted by Gasteiger charge is -2.42. The first-order chi connectivity index (χ1) is 20.0. The molecule has 0 radical (unpaired) electrons. The molecule has 9 nitrogen and oxygen atoms in total. The van der Waals surface area contributed by atoms with E-state index in [1.165, 1.54) is 17.2 Å². The fourth-order valence-corrected chi connectivity index (χ4v) is 5.53. The highest BCUT2D eigenvalue weighted by molar-refractivity contribution is 6.08. The number of hydrogen-bond acceptors (Lipinski definition) is 8. The van der Waals surface area contributed by atoms with Crippen molar-refractivity contribution in [2.45, 2.75) is 25.9 Å². The van der Waals surface area contributed by atoms with Crippen molar-refractivity contribution < 1.29 is 24.2 Å². The van der Waals surface area contributed by atoms with Crippen molar-refractivity contribution >= 4 is 17.8 Å². The number of aromatic hydroxyl groups is 1. The molecule has 1 saturated heterocycles. The number of rotatable bonds is 8. The van der Waals surface area contributed by atoms with Gasteiger partial charge in [0.2, 0.25) is 11.9 Å². The van der Waals surface area contributed by atoms with E-state index >= 15 is 0 Å². The van der Waals surface area contributed by atoms with Crippen molar-refractivity contribution in [1.29, 1.82) is 0 Å². The molecule has 9 heteroatoms. The molecule has 1 fully saturated rings. The highest BCUT2D eigenvalue weighted by Gasteiger charge is 2.42. The van der Waals surface area contributed by atoms with Gasteiger partial charge >= 0.3 is 5.97 Å². The number of guanidine groups is 1. The maximum atomic E-state index is 13.4. The topological polar surface area (TPSA) is 104 Å².